The third-order valence-corrected chi connectivity index (χ3v) is 4.06. The average molecular weight is 369 g/mol. The highest BCUT2D eigenvalue weighted by Gasteiger charge is 2.03. The van der Waals surface area contributed by atoms with Gasteiger partial charge in [0.1, 0.15) is 12.4 Å². The van der Waals surface area contributed by atoms with Crippen molar-refractivity contribution >= 4 is 12.1 Å². The standard InChI is InChI=1S/C23H19N3O2/c1-17-2-4-20(5-3-17)16-28-22-12-8-19(9-13-22)15-25-26-23(27)21-10-6-18(14-24)7-11-21/h2-13,15H,16H2,1H3,(H,26,27). The number of carbonyl (C=O) groups is 1. The highest BCUT2D eigenvalue weighted by molar-refractivity contribution is 5.94. The number of amides is 1. The van der Waals surface area contributed by atoms with Crippen LogP contribution in [0.4, 0.5) is 0 Å². The van der Waals surface area contributed by atoms with E-state index in [0.717, 1.165) is 16.9 Å². The zero-order chi connectivity index (χ0) is 19.8. The lowest BCUT2D eigenvalue weighted by Gasteiger charge is -2.07. The van der Waals surface area contributed by atoms with Crippen LogP contribution in [0.2, 0.25) is 0 Å². The van der Waals surface area contributed by atoms with Gasteiger partial charge in [-0.3, -0.25) is 4.79 Å². The second kappa shape index (κ2) is 9.15. The van der Waals surface area contributed by atoms with Gasteiger partial charge in [-0.1, -0.05) is 29.8 Å². The SMILES string of the molecule is Cc1ccc(COc2ccc(C=NNC(=O)c3ccc(C#N)cc3)cc2)cc1. The van der Waals surface area contributed by atoms with Crippen LogP contribution in [-0.2, 0) is 6.61 Å². The molecule has 0 radical (unpaired) electrons. The molecule has 138 valence electrons. The van der Waals surface area contributed by atoms with Crippen molar-refractivity contribution in [1.82, 2.24) is 5.43 Å². The average Bonchev–Trinajstić information content (AvgIpc) is 2.74. The molecule has 0 saturated heterocycles. The molecule has 3 aromatic carbocycles. The van der Waals surface area contributed by atoms with E-state index in [1.807, 2.05) is 42.5 Å². The smallest absolute Gasteiger partial charge is 0.271 e. The molecule has 0 atom stereocenters. The van der Waals surface area contributed by atoms with Gasteiger partial charge in [-0.05, 0) is 66.6 Å². The zero-order valence-electron chi connectivity index (χ0n) is 15.4. The third kappa shape index (κ3) is 5.29. The summed E-state index contributed by atoms with van der Waals surface area (Å²) < 4.78 is 5.77. The molecule has 0 aliphatic heterocycles. The molecule has 0 saturated carbocycles. The number of nitrogens with one attached hydrogen (secondary N) is 1. The molecule has 0 heterocycles. The van der Waals surface area contributed by atoms with Crippen molar-refractivity contribution < 1.29 is 9.53 Å². The van der Waals surface area contributed by atoms with Crippen molar-refractivity contribution in [3.05, 3.63) is 101 Å². The Kier molecular flexibility index (Phi) is 6.17. The van der Waals surface area contributed by atoms with Gasteiger partial charge in [0.15, 0.2) is 0 Å². The maximum Gasteiger partial charge on any atom is 0.271 e. The number of carbonyl (C=O) groups excluding carboxylic acids is 1. The second-order valence-corrected chi connectivity index (χ2v) is 6.23. The molecule has 0 aliphatic carbocycles. The van der Waals surface area contributed by atoms with E-state index in [2.05, 4.69) is 29.6 Å². The lowest BCUT2D eigenvalue weighted by molar-refractivity contribution is 0.0955. The Labute approximate surface area is 163 Å². The third-order valence-electron chi connectivity index (χ3n) is 4.06. The number of benzene rings is 3. The summed E-state index contributed by atoms with van der Waals surface area (Å²) in [7, 11) is 0. The summed E-state index contributed by atoms with van der Waals surface area (Å²) in [5.74, 6) is 0.429. The van der Waals surface area contributed by atoms with Crippen LogP contribution >= 0.6 is 0 Å². The summed E-state index contributed by atoms with van der Waals surface area (Å²) in [6, 6.07) is 24.0. The number of hydrogen-bond donors (Lipinski definition) is 1. The summed E-state index contributed by atoms with van der Waals surface area (Å²) in [5.41, 5.74) is 6.58. The topological polar surface area (TPSA) is 74.5 Å². The number of rotatable bonds is 6. The van der Waals surface area contributed by atoms with Crippen molar-refractivity contribution in [2.45, 2.75) is 13.5 Å². The first kappa shape index (κ1) is 18.9. The normalized spacial score (nSPS) is 10.4. The van der Waals surface area contributed by atoms with E-state index in [0.29, 0.717) is 17.7 Å². The van der Waals surface area contributed by atoms with Gasteiger partial charge in [0.25, 0.3) is 5.91 Å². The van der Waals surface area contributed by atoms with Crippen LogP contribution in [0.25, 0.3) is 0 Å². The van der Waals surface area contributed by atoms with Gasteiger partial charge in [0, 0.05) is 5.56 Å². The largest absolute Gasteiger partial charge is 0.489 e. The van der Waals surface area contributed by atoms with E-state index in [4.69, 9.17) is 10.00 Å². The van der Waals surface area contributed by atoms with E-state index in [-0.39, 0.29) is 5.91 Å². The number of hydrogen-bond acceptors (Lipinski definition) is 4. The van der Waals surface area contributed by atoms with Crippen molar-refractivity contribution in [3.8, 4) is 11.8 Å². The van der Waals surface area contributed by atoms with Gasteiger partial charge in [0.2, 0.25) is 0 Å². The van der Waals surface area contributed by atoms with Gasteiger partial charge in [0.05, 0.1) is 17.8 Å². The van der Waals surface area contributed by atoms with Crippen molar-refractivity contribution in [1.29, 1.82) is 5.26 Å². The Morgan fingerprint density at radius 1 is 1.04 bits per heavy atom. The van der Waals surface area contributed by atoms with Crippen LogP contribution in [0, 0.1) is 18.3 Å². The van der Waals surface area contributed by atoms with E-state index in [1.54, 1.807) is 30.5 Å². The van der Waals surface area contributed by atoms with Crippen LogP contribution in [0.1, 0.15) is 32.6 Å². The number of ether oxygens (including phenoxy) is 1. The van der Waals surface area contributed by atoms with Crippen LogP contribution in [0.15, 0.2) is 77.9 Å². The molecule has 3 rings (SSSR count). The Hall–Kier alpha value is -3.91. The summed E-state index contributed by atoms with van der Waals surface area (Å²) in [5, 5.41) is 12.7. The lowest BCUT2D eigenvalue weighted by atomic mass is 10.1. The Bertz CT molecular complexity index is 1000. The fraction of sp³-hybridized carbons (Fsp3) is 0.0870. The fourth-order valence-electron chi connectivity index (χ4n) is 2.43. The molecule has 28 heavy (non-hydrogen) atoms. The molecular weight excluding hydrogens is 350 g/mol. The highest BCUT2D eigenvalue weighted by atomic mass is 16.5. The Balaban J connectivity index is 1.51. The predicted octanol–water partition coefficient (Wildman–Crippen LogP) is 4.21. The van der Waals surface area contributed by atoms with E-state index >= 15 is 0 Å². The van der Waals surface area contributed by atoms with Crippen LogP contribution in [0.3, 0.4) is 0 Å². The molecule has 0 spiro atoms. The van der Waals surface area contributed by atoms with Crippen molar-refractivity contribution in [2.75, 3.05) is 0 Å². The van der Waals surface area contributed by atoms with Crippen molar-refractivity contribution in [2.24, 2.45) is 5.10 Å². The molecule has 0 aliphatic rings. The van der Waals surface area contributed by atoms with E-state index in [1.165, 1.54) is 5.56 Å². The first-order valence-corrected chi connectivity index (χ1v) is 8.76. The summed E-state index contributed by atoms with van der Waals surface area (Å²) in [6.45, 7) is 2.56. The summed E-state index contributed by atoms with van der Waals surface area (Å²) >= 11 is 0. The van der Waals surface area contributed by atoms with Crippen molar-refractivity contribution in [3.63, 3.8) is 0 Å². The minimum Gasteiger partial charge on any atom is -0.489 e. The molecular formula is C23H19N3O2. The lowest BCUT2D eigenvalue weighted by Crippen LogP contribution is -2.17. The van der Waals surface area contributed by atoms with Gasteiger partial charge in [-0.15, -0.1) is 0 Å². The Morgan fingerprint density at radius 3 is 2.36 bits per heavy atom. The first-order chi connectivity index (χ1) is 13.6. The number of nitriles is 1. The van der Waals surface area contributed by atoms with Gasteiger partial charge in [-0.2, -0.15) is 10.4 Å². The minimum atomic E-state index is -0.334. The highest BCUT2D eigenvalue weighted by Crippen LogP contribution is 2.14. The predicted molar refractivity (Wildman–Crippen MR) is 108 cm³/mol. The maximum absolute atomic E-state index is 12.0. The summed E-state index contributed by atoms with van der Waals surface area (Å²) in [6.07, 6.45) is 1.56. The molecule has 5 nitrogen and oxygen atoms in total. The monoisotopic (exact) mass is 369 g/mol. The molecule has 0 fully saturated rings. The quantitative estimate of drug-likeness (QED) is 0.522. The molecule has 1 amide bonds. The van der Waals surface area contributed by atoms with E-state index < -0.39 is 0 Å². The number of aryl methyl sites for hydroxylation is 1. The molecule has 1 N–H and O–H groups in total. The summed E-state index contributed by atoms with van der Waals surface area (Å²) in [4.78, 5) is 12.0. The van der Waals surface area contributed by atoms with Crippen LogP contribution in [0.5, 0.6) is 5.75 Å². The van der Waals surface area contributed by atoms with Gasteiger partial charge >= 0.3 is 0 Å². The second-order valence-electron chi connectivity index (χ2n) is 6.23. The van der Waals surface area contributed by atoms with Gasteiger partial charge in [-0.25, -0.2) is 5.43 Å². The molecule has 0 aromatic heterocycles. The number of hydrazone groups is 1. The molecule has 0 bridgehead atoms. The van der Waals surface area contributed by atoms with Gasteiger partial charge < -0.3 is 4.74 Å². The minimum absolute atomic E-state index is 0.334. The van der Waals surface area contributed by atoms with Crippen LogP contribution < -0.4 is 10.2 Å². The van der Waals surface area contributed by atoms with E-state index in [9.17, 15) is 4.79 Å². The molecule has 5 heteroatoms. The maximum atomic E-state index is 12.0. The molecule has 3 aromatic rings. The Morgan fingerprint density at radius 2 is 1.71 bits per heavy atom. The number of nitrogens with zero attached hydrogens (tertiary/aromatic N) is 2. The fourth-order valence-corrected chi connectivity index (χ4v) is 2.43. The van der Waals surface area contributed by atoms with Crippen LogP contribution in [-0.4, -0.2) is 12.1 Å². The first-order valence-electron chi connectivity index (χ1n) is 8.76. The molecule has 0 unspecified atom stereocenters. The zero-order valence-corrected chi connectivity index (χ0v) is 15.4.